The van der Waals surface area contributed by atoms with Crippen molar-refractivity contribution in [3.8, 4) is 0 Å². The summed E-state index contributed by atoms with van der Waals surface area (Å²) < 4.78 is 0. The second-order valence-corrected chi connectivity index (χ2v) is 2.21. The van der Waals surface area contributed by atoms with Crippen molar-refractivity contribution in [3.05, 3.63) is 23.4 Å². The van der Waals surface area contributed by atoms with Gasteiger partial charge in [-0.25, -0.2) is 0 Å². The van der Waals surface area contributed by atoms with E-state index in [0.717, 1.165) is 11.3 Å². The van der Waals surface area contributed by atoms with Crippen LogP contribution in [0.3, 0.4) is 0 Å². The summed E-state index contributed by atoms with van der Waals surface area (Å²) in [4.78, 5) is 3.74. The number of halogens is 1. The Balaban J connectivity index is 4.22. The van der Waals surface area contributed by atoms with Gasteiger partial charge in [0.2, 0.25) is 0 Å². The zero-order valence-electron chi connectivity index (χ0n) is 6.39. The number of hydrogen-bond donors (Lipinski definition) is 0. The molecule has 0 rings (SSSR count). The van der Waals surface area contributed by atoms with Crippen molar-refractivity contribution in [2.75, 3.05) is 5.88 Å². The summed E-state index contributed by atoms with van der Waals surface area (Å²) in [5.74, 6) is 0.531. The summed E-state index contributed by atoms with van der Waals surface area (Å²) >= 11 is 5.59. The lowest BCUT2D eigenvalue weighted by Gasteiger charge is -1.93. The van der Waals surface area contributed by atoms with Crippen molar-refractivity contribution in [2.24, 2.45) is 4.99 Å². The quantitative estimate of drug-likeness (QED) is 0.340. The van der Waals surface area contributed by atoms with Crippen molar-refractivity contribution in [1.82, 2.24) is 0 Å². The van der Waals surface area contributed by atoms with Gasteiger partial charge in [-0.05, 0) is 32.2 Å². The zero-order valence-corrected chi connectivity index (χ0v) is 7.15. The van der Waals surface area contributed by atoms with Crippen LogP contribution in [-0.4, -0.2) is 12.6 Å². The molecule has 56 valence electrons. The Morgan fingerprint density at radius 1 is 1.70 bits per heavy atom. The predicted molar refractivity (Wildman–Crippen MR) is 47.8 cm³/mol. The number of aliphatic imine (C=N–C) groups is 1. The van der Waals surface area contributed by atoms with Gasteiger partial charge in [0.05, 0.1) is 0 Å². The minimum absolute atomic E-state index is 0.531. The van der Waals surface area contributed by atoms with Crippen molar-refractivity contribution in [3.63, 3.8) is 0 Å². The normalized spacial score (nSPS) is 13.5. The molecule has 0 N–H and O–H groups in total. The maximum absolute atomic E-state index is 5.59. The number of allylic oxidation sites excluding steroid dienone is 4. The number of alkyl halides is 1. The third kappa shape index (κ3) is 3.46. The van der Waals surface area contributed by atoms with E-state index < -0.39 is 0 Å². The van der Waals surface area contributed by atoms with E-state index in [1.54, 1.807) is 0 Å². The van der Waals surface area contributed by atoms with Gasteiger partial charge < -0.3 is 0 Å². The van der Waals surface area contributed by atoms with Gasteiger partial charge in [0.1, 0.15) is 0 Å². The topological polar surface area (TPSA) is 12.4 Å². The highest BCUT2D eigenvalue weighted by molar-refractivity contribution is 6.19. The molecule has 1 nitrogen and oxygen atoms in total. The summed E-state index contributed by atoms with van der Waals surface area (Å²) in [6.45, 7) is 7.23. The second kappa shape index (κ2) is 5.24. The summed E-state index contributed by atoms with van der Waals surface area (Å²) in [7, 11) is 0. The van der Waals surface area contributed by atoms with Crippen LogP contribution in [0.2, 0.25) is 0 Å². The molecule has 0 saturated heterocycles. The van der Waals surface area contributed by atoms with Crippen molar-refractivity contribution in [2.45, 2.75) is 13.8 Å². The molecule has 0 aliphatic carbocycles. The van der Waals surface area contributed by atoms with Crippen molar-refractivity contribution in [1.29, 1.82) is 0 Å². The summed E-state index contributed by atoms with van der Waals surface area (Å²) in [5, 5.41) is 0. The van der Waals surface area contributed by atoms with Crippen LogP contribution in [0.1, 0.15) is 13.8 Å². The second-order valence-electron chi connectivity index (χ2n) is 1.94. The molecular formula is C8H12ClN. The third-order valence-electron chi connectivity index (χ3n) is 1.17. The van der Waals surface area contributed by atoms with Gasteiger partial charge in [-0.15, -0.1) is 11.6 Å². The lowest BCUT2D eigenvalue weighted by Crippen LogP contribution is -1.79. The van der Waals surface area contributed by atoms with Crippen LogP contribution in [0.5, 0.6) is 0 Å². The Hall–Kier alpha value is -0.560. The van der Waals surface area contributed by atoms with E-state index >= 15 is 0 Å². The van der Waals surface area contributed by atoms with Gasteiger partial charge in [0, 0.05) is 11.6 Å². The molecule has 0 saturated carbocycles. The number of hydrogen-bond acceptors (Lipinski definition) is 1. The number of nitrogens with zero attached hydrogens (tertiary/aromatic N) is 1. The smallest absolute Gasteiger partial charge is 0.0471 e. The van der Waals surface area contributed by atoms with E-state index in [-0.39, 0.29) is 0 Å². The maximum Gasteiger partial charge on any atom is 0.0471 e. The van der Waals surface area contributed by atoms with Gasteiger partial charge in [0.25, 0.3) is 0 Å². The van der Waals surface area contributed by atoms with Crippen LogP contribution < -0.4 is 0 Å². The molecule has 0 fully saturated rings. The molecule has 0 atom stereocenters. The summed E-state index contributed by atoms with van der Waals surface area (Å²) in [6.07, 6.45) is 3.88. The average Bonchev–Trinajstić information content (AvgIpc) is 1.99. The molecule has 0 spiro atoms. The summed E-state index contributed by atoms with van der Waals surface area (Å²) in [5.41, 5.74) is 1.97. The van der Waals surface area contributed by atoms with E-state index in [1.165, 1.54) is 0 Å². The first kappa shape index (κ1) is 9.44. The zero-order chi connectivity index (χ0) is 7.98. The molecule has 0 heterocycles. The molecule has 0 aromatic rings. The molecule has 2 heteroatoms. The molecular weight excluding hydrogens is 146 g/mol. The Bertz CT molecular complexity index is 168. The largest absolute Gasteiger partial charge is 0.269 e. The lowest BCUT2D eigenvalue weighted by atomic mass is 10.2. The molecule has 0 aliphatic rings. The van der Waals surface area contributed by atoms with E-state index in [1.807, 2.05) is 26.0 Å². The summed E-state index contributed by atoms with van der Waals surface area (Å²) in [6, 6.07) is 0. The molecule has 0 radical (unpaired) electrons. The fourth-order valence-electron chi connectivity index (χ4n) is 0.513. The van der Waals surface area contributed by atoms with Gasteiger partial charge in [-0.2, -0.15) is 0 Å². The molecule has 10 heavy (non-hydrogen) atoms. The highest BCUT2D eigenvalue weighted by atomic mass is 35.5. The van der Waals surface area contributed by atoms with Gasteiger partial charge in [-0.3, -0.25) is 4.99 Å². The fourth-order valence-corrected chi connectivity index (χ4v) is 0.744. The highest BCUT2D eigenvalue weighted by Crippen LogP contribution is 2.04. The van der Waals surface area contributed by atoms with E-state index in [0.29, 0.717) is 5.88 Å². The molecule has 0 aliphatic heterocycles. The minimum atomic E-state index is 0.531. The standard InChI is InChI=1S/C8H12ClN/c1-4-8(6-9)5-7(2)10-3/h4-5H,3,6H2,1-2H3/b7-5-,8-4+. The van der Waals surface area contributed by atoms with Crippen LogP contribution in [0.25, 0.3) is 0 Å². The monoisotopic (exact) mass is 157 g/mol. The third-order valence-corrected chi connectivity index (χ3v) is 1.48. The number of rotatable bonds is 3. The van der Waals surface area contributed by atoms with Gasteiger partial charge >= 0.3 is 0 Å². The van der Waals surface area contributed by atoms with Gasteiger partial charge in [-0.1, -0.05) is 6.08 Å². The van der Waals surface area contributed by atoms with Crippen LogP contribution in [0.15, 0.2) is 28.4 Å². The van der Waals surface area contributed by atoms with E-state index in [4.69, 9.17) is 11.6 Å². The Morgan fingerprint density at radius 3 is 2.60 bits per heavy atom. The highest BCUT2D eigenvalue weighted by Gasteiger charge is 1.87. The van der Waals surface area contributed by atoms with E-state index in [2.05, 4.69) is 11.7 Å². The minimum Gasteiger partial charge on any atom is -0.269 e. The molecule has 0 bridgehead atoms. The van der Waals surface area contributed by atoms with Crippen molar-refractivity contribution < 1.29 is 0 Å². The van der Waals surface area contributed by atoms with Crippen LogP contribution in [-0.2, 0) is 0 Å². The van der Waals surface area contributed by atoms with Crippen LogP contribution in [0, 0.1) is 0 Å². The first-order valence-electron chi connectivity index (χ1n) is 3.10. The Kier molecular flexibility index (Phi) is 4.95. The lowest BCUT2D eigenvalue weighted by molar-refractivity contribution is 1.29. The average molecular weight is 158 g/mol. The maximum atomic E-state index is 5.59. The fraction of sp³-hybridized carbons (Fsp3) is 0.375. The van der Waals surface area contributed by atoms with E-state index in [9.17, 15) is 0 Å². The molecule has 0 amide bonds. The first-order chi connectivity index (χ1) is 4.74. The van der Waals surface area contributed by atoms with Crippen LogP contribution >= 0.6 is 11.6 Å². The SMILES string of the molecule is C=N/C(C)=C\C(=C/C)CCl. The van der Waals surface area contributed by atoms with Gasteiger partial charge in [0.15, 0.2) is 0 Å². The Morgan fingerprint density at radius 2 is 2.30 bits per heavy atom. The predicted octanol–water partition coefficient (Wildman–Crippen LogP) is 2.78. The molecule has 0 aromatic heterocycles. The first-order valence-corrected chi connectivity index (χ1v) is 3.64. The Labute approximate surface area is 67.1 Å². The van der Waals surface area contributed by atoms with Crippen LogP contribution in [0.4, 0.5) is 0 Å². The molecule has 0 aromatic carbocycles. The van der Waals surface area contributed by atoms with Crippen molar-refractivity contribution >= 4 is 18.3 Å². The molecule has 0 unspecified atom stereocenters.